The maximum absolute atomic E-state index is 13.9. The van der Waals surface area contributed by atoms with Gasteiger partial charge in [-0.1, -0.05) is 17.7 Å². The zero-order valence-corrected chi connectivity index (χ0v) is 12.5. The first-order chi connectivity index (χ1) is 10.0. The number of esters is 1. The van der Waals surface area contributed by atoms with Crippen molar-refractivity contribution in [2.75, 3.05) is 12.4 Å². The minimum atomic E-state index is -1.06. The van der Waals surface area contributed by atoms with Gasteiger partial charge in [0.2, 0.25) is 0 Å². The second kappa shape index (κ2) is 6.82. The van der Waals surface area contributed by atoms with E-state index in [1.807, 2.05) is 0 Å². The summed E-state index contributed by atoms with van der Waals surface area (Å²) in [6.45, 7) is 0.275. The summed E-state index contributed by atoms with van der Waals surface area (Å²) >= 11 is 6.93. The molecular formula is C13H11ClF2N2O2S. The van der Waals surface area contributed by atoms with E-state index >= 15 is 0 Å². The molecular weight excluding hydrogens is 322 g/mol. The van der Waals surface area contributed by atoms with E-state index in [0.717, 1.165) is 4.88 Å². The zero-order valence-electron chi connectivity index (χ0n) is 11.0. The fourth-order valence-corrected chi connectivity index (χ4v) is 2.56. The van der Waals surface area contributed by atoms with Crippen LogP contribution in [0.25, 0.3) is 0 Å². The van der Waals surface area contributed by atoms with Crippen molar-refractivity contribution in [2.45, 2.75) is 13.0 Å². The number of benzene rings is 1. The molecule has 0 atom stereocenters. The number of hydrogen-bond acceptors (Lipinski definition) is 5. The first-order valence-electron chi connectivity index (χ1n) is 5.89. The van der Waals surface area contributed by atoms with Crippen LogP contribution in [0.5, 0.6) is 0 Å². The molecule has 8 heteroatoms. The van der Waals surface area contributed by atoms with Crippen LogP contribution in [0.2, 0.25) is 4.47 Å². The number of carbonyl (C=O) groups is 1. The van der Waals surface area contributed by atoms with E-state index in [-0.39, 0.29) is 24.2 Å². The van der Waals surface area contributed by atoms with Gasteiger partial charge in [-0.3, -0.25) is 4.79 Å². The van der Waals surface area contributed by atoms with Gasteiger partial charge < -0.3 is 10.1 Å². The summed E-state index contributed by atoms with van der Waals surface area (Å²) < 4.78 is 32.5. The third-order valence-electron chi connectivity index (χ3n) is 2.70. The first kappa shape index (κ1) is 15.7. The first-order valence-corrected chi connectivity index (χ1v) is 7.08. The normalized spacial score (nSPS) is 10.5. The average Bonchev–Trinajstić information content (AvgIpc) is 2.88. The van der Waals surface area contributed by atoms with Crippen molar-refractivity contribution in [2.24, 2.45) is 0 Å². The molecule has 0 saturated heterocycles. The van der Waals surface area contributed by atoms with Gasteiger partial charge in [0, 0.05) is 16.6 Å². The highest BCUT2D eigenvalue weighted by Crippen LogP contribution is 2.23. The third-order valence-corrected chi connectivity index (χ3v) is 3.82. The Morgan fingerprint density at radius 2 is 2.19 bits per heavy atom. The number of thiazole rings is 1. The summed E-state index contributed by atoms with van der Waals surface area (Å²) in [7, 11) is 1.19. The molecule has 1 aromatic carbocycles. The third kappa shape index (κ3) is 3.89. The number of carbonyl (C=O) groups excluding carboxylic acids is 1. The van der Waals surface area contributed by atoms with E-state index in [0.29, 0.717) is 4.47 Å². The smallest absolute Gasteiger partial charge is 0.310 e. The number of aromatic nitrogens is 1. The van der Waals surface area contributed by atoms with E-state index in [4.69, 9.17) is 11.6 Å². The molecule has 112 valence electrons. The van der Waals surface area contributed by atoms with Gasteiger partial charge in [-0.25, -0.2) is 13.8 Å². The van der Waals surface area contributed by atoms with E-state index in [2.05, 4.69) is 15.0 Å². The van der Waals surface area contributed by atoms with E-state index in [1.165, 1.54) is 30.6 Å². The lowest BCUT2D eigenvalue weighted by molar-refractivity contribution is -0.139. The van der Waals surface area contributed by atoms with E-state index < -0.39 is 17.6 Å². The van der Waals surface area contributed by atoms with Crippen LogP contribution in [-0.2, 0) is 22.5 Å². The topological polar surface area (TPSA) is 51.2 Å². The highest BCUT2D eigenvalue weighted by Gasteiger charge is 2.16. The molecule has 0 aliphatic heterocycles. The number of halogens is 3. The van der Waals surface area contributed by atoms with Gasteiger partial charge in [0.15, 0.2) is 16.1 Å². The van der Waals surface area contributed by atoms with Gasteiger partial charge in [0.25, 0.3) is 0 Å². The molecule has 0 aliphatic carbocycles. The largest absolute Gasteiger partial charge is 0.469 e. The van der Waals surface area contributed by atoms with Crippen molar-refractivity contribution in [3.63, 3.8) is 0 Å². The Kier molecular flexibility index (Phi) is 5.08. The molecule has 0 saturated carbocycles. The van der Waals surface area contributed by atoms with Crippen LogP contribution in [0.15, 0.2) is 18.3 Å². The summed E-state index contributed by atoms with van der Waals surface area (Å²) in [6, 6.07) is 2.72. The van der Waals surface area contributed by atoms with Crippen LogP contribution in [0.4, 0.5) is 14.5 Å². The number of ether oxygens (including phenoxy) is 1. The highest BCUT2D eigenvalue weighted by atomic mass is 35.5. The SMILES string of the molecule is COC(=O)Cc1ccc(NCc2cnc(Cl)s2)c(F)c1F. The molecule has 21 heavy (non-hydrogen) atoms. The Morgan fingerprint density at radius 1 is 1.43 bits per heavy atom. The summed E-state index contributed by atoms with van der Waals surface area (Å²) in [4.78, 5) is 15.7. The Hall–Kier alpha value is -1.73. The summed E-state index contributed by atoms with van der Waals surface area (Å²) in [5, 5.41) is 2.76. The quantitative estimate of drug-likeness (QED) is 0.853. The molecule has 0 radical (unpaired) electrons. The number of methoxy groups -OCH3 is 1. The van der Waals surface area contributed by atoms with Crippen LogP contribution in [0, 0.1) is 11.6 Å². The van der Waals surface area contributed by atoms with Crippen LogP contribution >= 0.6 is 22.9 Å². The number of anilines is 1. The number of nitrogens with zero attached hydrogens (tertiary/aromatic N) is 1. The molecule has 1 heterocycles. The number of hydrogen-bond donors (Lipinski definition) is 1. The summed E-state index contributed by atoms with van der Waals surface area (Å²) in [6.07, 6.45) is 1.24. The average molecular weight is 333 g/mol. The van der Waals surface area contributed by atoms with Gasteiger partial charge in [-0.05, 0) is 6.07 Å². The van der Waals surface area contributed by atoms with Crippen LogP contribution in [0.3, 0.4) is 0 Å². The Bertz CT molecular complexity index is 664. The predicted molar refractivity (Wildman–Crippen MR) is 76.5 cm³/mol. The Labute approximate surface area is 128 Å². The molecule has 0 unspecified atom stereocenters. The lowest BCUT2D eigenvalue weighted by Crippen LogP contribution is -2.09. The minimum absolute atomic E-state index is 0.00522. The minimum Gasteiger partial charge on any atom is -0.469 e. The van der Waals surface area contributed by atoms with E-state index in [1.54, 1.807) is 6.20 Å². The fourth-order valence-electron chi connectivity index (χ4n) is 1.64. The lowest BCUT2D eigenvalue weighted by atomic mass is 10.1. The molecule has 0 spiro atoms. The number of rotatable bonds is 5. The molecule has 0 amide bonds. The van der Waals surface area contributed by atoms with E-state index in [9.17, 15) is 13.6 Å². The molecule has 2 rings (SSSR count). The molecule has 0 bridgehead atoms. The molecule has 4 nitrogen and oxygen atoms in total. The van der Waals surface area contributed by atoms with Gasteiger partial charge in [0.05, 0.1) is 25.8 Å². The van der Waals surface area contributed by atoms with Crippen molar-refractivity contribution >= 4 is 34.6 Å². The molecule has 2 aromatic rings. The summed E-state index contributed by atoms with van der Waals surface area (Å²) in [5.74, 6) is -2.73. The highest BCUT2D eigenvalue weighted by molar-refractivity contribution is 7.15. The van der Waals surface area contributed by atoms with Crippen LogP contribution in [-0.4, -0.2) is 18.1 Å². The zero-order chi connectivity index (χ0) is 15.4. The lowest BCUT2D eigenvalue weighted by Gasteiger charge is -2.09. The Balaban J connectivity index is 2.10. The second-order valence-electron chi connectivity index (χ2n) is 4.09. The van der Waals surface area contributed by atoms with Crippen LogP contribution < -0.4 is 5.32 Å². The van der Waals surface area contributed by atoms with Crippen molar-refractivity contribution in [1.29, 1.82) is 0 Å². The fraction of sp³-hybridized carbons (Fsp3) is 0.231. The van der Waals surface area contributed by atoms with Crippen molar-refractivity contribution in [3.8, 4) is 0 Å². The Morgan fingerprint density at radius 3 is 2.81 bits per heavy atom. The van der Waals surface area contributed by atoms with Crippen molar-refractivity contribution < 1.29 is 18.3 Å². The molecule has 0 aliphatic rings. The molecule has 1 aromatic heterocycles. The second-order valence-corrected chi connectivity index (χ2v) is 5.78. The maximum Gasteiger partial charge on any atom is 0.310 e. The van der Waals surface area contributed by atoms with Crippen molar-refractivity contribution in [1.82, 2.24) is 4.98 Å². The van der Waals surface area contributed by atoms with Gasteiger partial charge in [0.1, 0.15) is 0 Å². The predicted octanol–water partition coefficient (Wildman–Crippen LogP) is 3.40. The molecule has 1 N–H and O–H groups in total. The van der Waals surface area contributed by atoms with Gasteiger partial charge in [-0.2, -0.15) is 0 Å². The van der Waals surface area contributed by atoms with Crippen molar-refractivity contribution in [3.05, 3.63) is 44.9 Å². The molecule has 0 fully saturated rings. The van der Waals surface area contributed by atoms with Gasteiger partial charge >= 0.3 is 5.97 Å². The van der Waals surface area contributed by atoms with Crippen LogP contribution in [0.1, 0.15) is 10.4 Å². The number of nitrogens with one attached hydrogen (secondary N) is 1. The monoisotopic (exact) mass is 332 g/mol. The summed E-state index contributed by atoms with van der Waals surface area (Å²) in [5.41, 5.74) is -0.0450. The standard InChI is InChI=1S/C13H11ClF2N2O2S/c1-20-10(19)4-7-2-3-9(12(16)11(7)15)17-5-8-6-18-13(14)21-8/h2-3,6,17H,4-5H2,1H3. The maximum atomic E-state index is 13.9. The van der Waals surface area contributed by atoms with Gasteiger partial charge in [-0.15, -0.1) is 11.3 Å².